The van der Waals surface area contributed by atoms with Crippen LogP contribution in [-0.2, 0) is 19.4 Å². The van der Waals surface area contributed by atoms with Crippen LogP contribution in [0, 0.1) is 10.1 Å². The molecule has 0 N–H and O–H groups in total. The van der Waals surface area contributed by atoms with Crippen molar-refractivity contribution in [1.29, 1.82) is 0 Å². The third-order valence-corrected chi connectivity index (χ3v) is 2.90. The summed E-state index contributed by atoms with van der Waals surface area (Å²) in [6.45, 7) is 0.688. The van der Waals surface area contributed by atoms with Gasteiger partial charge in [-0.15, -0.1) is 16.7 Å². The fourth-order valence-corrected chi connectivity index (χ4v) is 1.88. The zero-order valence-electron chi connectivity index (χ0n) is 10.2. The van der Waals surface area contributed by atoms with E-state index in [4.69, 9.17) is 11.6 Å². The van der Waals surface area contributed by atoms with Crippen molar-refractivity contribution in [3.05, 3.63) is 51.8 Å². The molecule has 0 bridgehead atoms. The Morgan fingerprint density at radius 3 is 2.63 bits per heavy atom. The standard InChI is InChI=1S/C12H13ClN4O2/c13-7-5-11-9-16(15-14-11)8-6-10-1-3-12(4-2-10)17(18)19/h1-4,9H,5-8H2. The van der Waals surface area contributed by atoms with E-state index in [0.29, 0.717) is 18.8 Å². The molecule has 0 amide bonds. The summed E-state index contributed by atoms with van der Waals surface area (Å²) in [6.07, 6.45) is 3.33. The largest absolute Gasteiger partial charge is 0.269 e. The fraction of sp³-hybridized carbons (Fsp3) is 0.333. The summed E-state index contributed by atoms with van der Waals surface area (Å²) < 4.78 is 1.75. The van der Waals surface area contributed by atoms with Crippen molar-refractivity contribution in [2.75, 3.05) is 5.88 Å². The number of halogens is 1. The highest BCUT2D eigenvalue weighted by atomic mass is 35.5. The molecule has 6 nitrogen and oxygen atoms in total. The Hall–Kier alpha value is -1.95. The third kappa shape index (κ3) is 3.75. The molecule has 19 heavy (non-hydrogen) atoms. The van der Waals surface area contributed by atoms with Gasteiger partial charge in [-0.3, -0.25) is 14.8 Å². The Morgan fingerprint density at radius 2 is 2.00 bits per heavy atom. The van der Waals surface area contributed by atoms with E-state index in [9.17, 15) is 10.1 Å². The van der Waals surface area contributed by atoms with Gasteiger partial charge < -0.3 is 0 Å². The van der Waals surface area contributed by atoms with Crippen LogP contribution in [0.5, 0.6) is 0 Å². The summed E-state index contributed by atoms with van der Waals surface area (Å²) in [4.78, 5) is 10.1. The highest BCUT2D eigenvalue weighted by Crippen LogP contribution is 2.12. The van der Waals surface area contributed by atoms with E-state index in [-0.39, 0.29) is 5.69 Å². The van der Waals surface area contributed by atoms with Crippen molar-refractivity contribution >= 4 is 17.3 Å². The molecule has 0 unspecified atom stereocenters. The number of hydrogen-bond acceptors (Lipinski definition) is 4. The van der Waals surface area contributed by atoms with Crippen molar-refractivity contribution in [3.63, 3.8) is 0 Å². The molecular formula is C12H13ClN4O2. The number of nitro groups is 1. The lowest BCUT2D eigenvalue weighted by Gasteiger charge is -2.01. The molecule has 100 valence electrons. The zero-order chi connectivity index (χ0) is 13.7. The molecule has 7 heteroatoms. The first-order chi connectivity index (χ1) is 9.19. The van der Waals surface area contributed by atoms with Gasteiger partial charge in [-0.05, 0) is 12.0 Å². The average molecular weight is 281 g/mol. The first kappa shape index (κ1) is 13.5. The Balaban J connectivity index is 1.92. The normalized spacial score (nSPS) is 10.6. The second kappa shape index (κ2) is 6.29. The maximum Gasteiger partial charge on any atom is 0.269 e. The van der Waals surface area contributed by atoms with E-state index in [1.54, 1.807) is 16.8 Å². The number of aryl methyl sites for hydroxylation is 3. The van der Waals surface area contributed by atoms with Crippen LogP contribution in [0.15, 0.2) is 30.5 Å². The van der Waals surface area contributed by atoms with Crippen LogP contribution >= 0.6 is 11.6 Å². The van der Waals surface area contributed by atoms with Gasteiger partial charge in [-0.1, -0.05) is 17.3 Å². The van der Waals surface area contributed by atoms with Crippen LogP contribution in [0.1, 0.15) is 11.3 Å². The van der Waals surface area contributed by atoms with Crippen LogP contribution in [0.2, 0.25) is 0 Å². The van der Waals surface area contributed by atoms with Gasteiger partial charge in [0.1, 0.15) is 0 Å². The third-order valence-electron chi connectivity index (χ3n) is 2.71. The Morgan fingerprint density at radius 1 is 1.26 bits per heavy atom. The minimum Gasteiger partial charge on any atom is -0.258 e. The Bertz CT molecular complexity index is 553. The molecule has 0 aliphatic rings. The predicted molar refractivity (Wildman–Crippen MR) is 71.2 cm³/mol. The van der Waals surface area contributed by atoms with Crippen LogP contribution < -0.4 is 0 Å². The predicted octanol–water partition coefficient (Wildman–Crippen LogP) is 2.21. The van der Waals surface area contributed by atoms with Crippen LogP contribution in [0.25, 0.3) is 0 Å². The molecule has 0 aliphatic carbocycles. The molecule has 1 aromatic carbocycles. The number of rotatable bonds is 6. The smallest absolute Gasteiger partial charge is 0.258 e. The van der Waals surface area contributed by atoms with Crippen LogP contribution in [-0.4, -0.2) is 25.8 Å². The summed E-state index contributed by atoms with van der Waals surface area (Å²) in [5, 5.41) is 18.5. The highest BCUT2D eigenvalue weighted by Gasteiger charge is 2.04. The summed E-state index contributed by atoms with van der Waals surface area (Å²) >= 11 is 5.63. The summed E-state index contributed by atoms with van der Waals surface area (Å²) in [7, 11) is 0. The zero-order valence-corrected chi connectivity index (χ0v) is 11.0. The van der Waals surface area contributed by atoms with Gasteiger partial charge >= 0.3 is 0 Å². The van der Waals surface area contributed by atoms with Crippen molar-refractivity contribution in [2.24, 2.45) is 0 Å². The van der Waals surface area contributed by atoms with Gasteiger partial charge in [0, 0.05) is 37.2 Å². The molecule has 1 heterocycles. The van der Waals surface area contributed by atoms with Gasteiger partial charge in [0.15, 0.2) is 0 Å². The maximum absolute atomic E-state index is 10.5. The molecule has 0 radical (unpaired) electrons. The van der Waals surface area contributed by atoms with Gasteiger partial charge in [-0.2, -0.15) is 0 Å². The lowest BCUT2D eigenvalue weighted by Crippen LogP contribution is -2.02. The molecule has 2 aromatic rings. The minimum atomic E-state index is -0.403. The van der Waals surface area contributed by atoms with E-state index >= 15 is 0 Å². The van der Waals surface area contributed by atoms with Gasteiger partial charge in [0.2, 0.25) is 0 Å². The van der Waals surface area contributed by atoms with E-state index in [1.165, 1.54) is 12.1 Å². The van der Waals surface area contributed by atoms with E-state index < -0.39 is 4.92 Å². The number of nitrogens with zero attached hydrogens (tertiary/aromatic N) is 4. The highest BCUT2D eigenvalue weighted by molar-refractivity contribution is 6.17. The quantitative estimate of drug-likeness (QED) is 0.462. The van der Waals surface area contributed by atoms with Gasteiger partial charge in [0.05, 0.1) is 10.6 Å². The van der Waals surface area contributed by atoms with Crippen molar-refractivity contribution in [3.8, 4) is 0 Å². The monoisotopic (exact) mass is 280 g/mol. The first-order valence-corrected chi connectivity index (χ1v) is 6.41. The molecule has 0 saturated heterocycles. The molecule has 0 atom stereocenters. The molecule has 0 fully saturated rings. The summed E-state index contributed by atoms with van der Waals surface area (Å²) in [5.74, 6) is 0.529. The van der Waals surface area contributed by atoms with E-state index in [2.05, 4.69) is 10.3 Å². The molecule has 0 aliphatic heterocycles. The molecular weight excluding hydrogens is 268 g/mol. The van der Waals surface area contributed by atoms with Gasteiger partial charge in [-0.25, -0.2) is 0 Å². The van der Waals surface area contributed by atoms with E-state index in [0.717, 1.165) is 17.7 Å². The Labute approximate surface area is 115 Å². The summed E-state index contributed by atoms with van der Waals surface area (Å²) in [6, 6.07) is 6.54. The van der Waals surface area contributed by atoms with Gasteiger partial charge in [0.25, 0.3) is 5.69 Å². The topological polar surface area (TPSA) is 73.8 Å². The average Bonchev–Trinajstić information content (AvgIpc) is 2.85. The molecule has 1 aromatic heterocycles. The summed E-state index contributed by atoms with van der Waals surface area (Å²) in [5.41, 5.74) is 2.01. The first-order valence-electron chi connectivity index (χ1n) is 5.87. The van der Waals surface area contributed by atoms with Crippen molar-refractivity contribution in [1.82, 2.24) is 15.0 Å². The van der Waals surface area contributed by atoms with Crippen molar-refractivity contribution < 1.29 is 4.92 Å². The lowest BCUT2D eigenvalue weighted by molar-refractivity contribution is -0.384. The fourth-order valence-electron chi connectivity index (χ4n) is 1.69. The number of aromatic nitrogens is 3. The number of hydrogen-bond donors (Lipinski definition) is 0. The van der Waals surface area contributed by atoms with E-state index in [1.807, 2.05) is 6.20 Å². The molecule has 0 saturated carbocycles. The SMILES string of the molecule is O=[N+]([O-])c1ccc(CCn2cc(CCCl)nn2)cc1. The number of benzene rings is 1. The molecule has 2 rings (SSSR count). The number of nitro benzene ring substituents is 1. The van der Waals surface area contributed by atoms with Crippen LogP contribution in [0.3, 0.4) is 0 Å². The van der Waals surface area contributed by atoms with Crippen LogP contribution in [0.4, 0.5) is 5.69 Å². The van der Waals surface area contributed by atoms with Crippen molar-refractivity contribution in [2.45, 2.75) is 19.4 Å². The second-order valence-electron chi connectivity index (χ2n) is 4.09. The lowest BCUT2D eigenvalue weighted by atomic mass is 10.1. The second-order valence-corrected chi connectivity index (χ2v) is 4.46. The molecule has 0 spiro atoms. The minimum absolute atomic E-state index is 0.105. The number of non-ortho nitro benzene ring substituents is 1. The maximum atomic E-state index is 10.5. The Kier molecular flexibility index (Phi) is 4.46. The number of alkyl halides is 1.